The van der Waals surface area contributed by atoms with E-state index in [0.29, 0.717) is 23.9 Å². The first-order valence-electron chi connectivity index (χ1n) is 11.0. The zero-order valence-electron chi connectivity index (χ0n) is 17.9. The molecular formula is C26H27NO4. The quantitative estimate of drug-likeness (QED) is 0.588. The van der Waals surface area contributed by atoms with E-state index in [9.17, 15) is 9.59 Å². The van der Waals surface area contributed by atoms with E-state index in [4.69, 9.17) is 9.47 Å². The van der Waals surface area contributed by atoms with Crippen LogP contribution in [-0.4, -0.2) is 31.6 Å². The Bertz CT molecular complexity index is 1070. The van der Waals surface area contributed by atoms with Crippen molar-refractivity contribution in [3.8, 4) is 16.9 Å². The zero-order chi connectivity index (χ0) is 21.5. The molecule has 5 rings (SSSR count). The van der Waals surface area contributed by atoms with Crippen LogP contribution < -0.4 is 10.1 Å². The Morgan fingerprint density at radius 1 is 1.13 bits per heavy atom. The topological polar surface area (TPSA) is 64.6 Å². The van der Waals surface area contributed by atoms with Gasteiger partial charge in [0.2, 0.25) is 5.91 Å². The summed E-state index contributed by atoms with van der Waals surface area (Å²) in [6.45, 7) is 2.53. The molecule has 1 heterocycles. The summed E-state index contributed by atoms with van der Waals surface area (Å²) < 4.78 is 11.3. The maximum atomic E-state index is 12.7. The highest BCUT2D eigenvalue weighted by atomic mass is 16.5. The number of rotatable bonds is 5. The minimum absolute atomic E-state index is 0.100. The van der Waals surface area contributed by atoms with E-state index in [1.807, 2.05) is 31.2 Å². The summed E-state index contributed by atoms with van der Waals surface area (Å²) in [5.41, 5.74) is 4.42. The summed E-state index contributed by atoms with van der Waals surface area (Å²) in [5, 5.41) is 3.13. The van der Waals surface area contributed by atoms with Crippen LogP contribution in [0.4, 0.5) is 0 Å². The van der Waals surface area contributed by atoms with Crippen LogP contribution in [0, 0.1) is 24.7 Å². The average Bonchev–Trinajstić information content (AvgIpc) is 3.51. The van der Waals surface area contributed by atoms with Crippen molar-refractivity contribution in [3.63, 3.8) is 0 Å². The summed E-state index contributed by atoms with van der Waals surface area (Å²) in [5.74, 6) is 1.65. The number of aryl methyl sites for hydroxylation is 1. The summed E-state index contributed by atoms with van der Waals surface area (Å²) >= 11 is 0. The minimum atomic E-state index is -0.368. The molecular weight excluding hydrogens is 390 g/mol. The Kier molecular flexibility index (Phi) is 5.05. The first kappa shape index (κ1) is 19.9. The average molecular weight is 418 g/mol. The summed E-state index contributed by atoms with van der Waals surface area (Å²) in [6, 6.07) is 11.6. The predicted octanol–water partition coefficient (Wildman–Crippen LogP) is 4.08. The van der Waals surface area contributed by atoms with E-state index in [1.165, 1.54) is 7.11 Å². The van der Waals surface area contributed by atoms with Crippen molar-refractivity contribution in [1.29, 1.82) is 0 Å². The molecule has 0 spiro atoms. The largest absolute Gasteiger partial charge is 0.487 e. The molecule has 1 fully saturated rings. The molecule has 1 amide bonds. The molecule has 2 aliphatic carbocycles. The molecule has 0 aromatic heterocycles. The minimum Gasteiger partial charge on any atom is -0.487 e. The molecule has 160 valence electrons. The maximum Gasteiger partial charge on any atom is 0.338 e. The third kappa shape index (κ3) is 3.62. The lowest BCUT2D eigenvalue weighted by Crippen LogP contribution is -2.39. The van der Waals surface area contributed by atoms with Crippen molar-refractivity contribution in [2.45, 2.75) is 32.3 Å². The third-order valence-corrected chi connectivity index (χ3v) is 6.78. The first-order valence-corrected chi connectivity index (χ1v) is 11.0. The van der Waals surface area contributed by atoms with Crippen LogP contribution in [-0.2, 0) is 16.0 Å². The first-order chi connectivity index (χ1) is 15.0. The normalized spacial score (nSPS) is 25.2. The standard InChI is InChI=1S/C26H27NO4/c1-15-9-18-13-19(14-27-25(28)22-12-16-7-8-17(22)11-16)31-24(18)23(10-15)20-5-3-4-6-21(20)26(29)30-2/h3-10,16-17,19,22H,11-14H2,1-2H3,(H,27,28)/t16-,17+,19?,22+/m1/s1. The van der Waals surface area contributed by atoms with Crippen LogP contribution >= 0.6 is 0 Å². The van der Waals surface area contributed by atoms with Crippen LogP contribution in [0.1, 0.15) is 34.3 Å². The van der Waals surface area contributed by atoms with E-state index < -0.39 is 0 Å². The van der Waals surface area contributed by atoms with Crippen LogP contribution in [0.15, 0.2) is 48.6 Å². The van der Waals surface area contributed by atoms with E-state index in [0.717, 1.165) is 47.3 Å². The highest BCUT2D eigenvalue weighted by Crippen LogP contribution is 2.44. The second-order valence-corrected chi connectivity index (χ2v) is 8.91. The molecule has 2 aromatic rings. The summed E-state index contributed by atoms with van der Waals surface area (Å²) in [4.78, 5) is 25.0. The Hall–Kier alpha value is -3.08. The van der Waals surface area contributed by atoms with Crippen LogP contribution in [0.2, 0.25) is 0 Å². The van der Waals surface area contributed by atoms with Gasteiger partial charge in [0.25, 0.3) is 0 Å². The summed E-state index contributed by atoms with van der Waals surface area (Å²) in [6.07, 6.45) is 7.16. The van der Waals surface area contributed by atoms with Gasteiger partial charge in [-0.25, -0.2) is 4.79 Å². The number of hydrogen-bond donors (Lipinski definition) is 1. The number of allylic oxidation sites excluding steroid dienone is 2. The monoisotopic (exact) mass is 417 g/mol. The molecule has 4 atom stereocenters. The number of ether oxygens (including phenoxy) is 2. The van der Waals surface area contributed by atoms with E-state index in [-0.39, 0.29) is 23.9 Å². The molecule has 2 aromatic carbocycles. The van der Waals surface area contributed by atoms with Crippen molar-refractivity contribution in [3.05, 3.63) is 65.2 Å². The van der Waals surface area contributed by atoms with Crippen molar-refractivity contribution in [2.24, 2.45) is 17.8 Å². The highest BCUT2D eigenvalue weighted by Gasteiger charge is 2.40. The molecule has 1 saturated carbocycles. The number of amides is 1. The van der Waals surface area contributed by atoms with Crippen LogP contribution in [0.25, 0.3) is 11.1 Å². The fourth-order valence-electron chi connectivity index (χ4n) is 5.34. The van der Waals surface area contributed by atoms with Gasteiger partial charge in [-0.2, -0.15) is 0 Å². The van der Waals surface area contributed by atoms with Gasteiger partial charge in [-0.05, 0) is 60.4 Å². The second kappa shape index (κ2) is 7.88. The van der Waals surface area contributed by atoms with Gasteiger partial charge in [-0.1, -0.05) is 36.4 Å². The molecule has 0 radical (unpaired) electrons. The van der Waals surface area contributed by atoms with Gasteiger partial charge in [0, 0.05) is 17.9 Å². The maximum absolute atomic E-state index is 12.7. The van der Waals surface area contributed by atoms with Crippen LogP contribution in [0.5, 0.6) is 5.75 Å². The lowest BCUT2D eigenvalue weighted by atomic mass is 9.92. The van der Waals surface area contributed by atoms with Crippen molar-refractivity contribution in [1.82, 2.24) is 5.32 Å². The van der Waals surface area contributed by atoms with Gasteiger partial charge >= 0.3 is 5.97 Å². The van der Waals surface area contributed by atoms with Gasteiger partial charge in [0.15, 0.2) is 0 Å². The Morgan fingerprint density at radius 2 is 1.97 bits per heavy atom. The molecule has 3 aliphatic rings. The molecule has 1 aliphatic heterocycles. The molecule has 5 nitrogen and oxygen atoms in total. The van der Waals surface area contributed by atoms with Crippen molar-refractivity contribution >= 4 is 11.9 Å². The predicted molar refractivity (Wildman–Crippen MR) is 118 cm³/mol. The smallest absolute Gasteiger partial charge is 0.338 e. The SMILES string of the molecule is COC(=O)c1ccccc1-c1cc(C)cc2c1OC(CNC(=O)[C@H]1C[C@@H]3C=C[C@H]1C3)C2. The van der Waals surface area contributed by atoms with Gasteiger partial charge in [0.05, 0.1) is 19.2 Å². The van der Waals surface area contributed by atoms with Gasteiger partial charge in [-0.3, -0.25) is 4.79 Å². The van der Waals surface area contributed by atoms with Crippen molar-refractivity contribution < 1.29 is 19.1 Å². The third-order valence-electron chi connectivity index (χ3n) is 6.78. The van der Waals surface area contributed by atoms with Crippen LogP contribution in [0.3, 0.4) is 0 Å². The molecule has 0 saturated heterocycles. The number of carbonyl (C=O) groups is 2. The number of fused-ring (bicyclic) bond motifs is 3. The van der Waals surface area contributed by atoms with Gasteiger partial charge in [-0.15, -0.1) is 0 Å². The lowest BCUT2D eigenvalue weighted by molar-refractivity contribution is -0.126. The number of methoxy groups -OCH3 is 1. The molecule has 1 N–H and O–H groups in total. The number of esters is 1. The number of nitrogens with one attached hydrogen (secondary N) is 1. The van der Waals surface area contributed by atoms with Gasteiger partial charge in [0.1, 0.15) is 11.9 Å². The summed E-state index contributed by atoms with van der Waals surface area (Å²) in [7, 11) is 1.39. The number of benzene rings is 2. The number of carbonyl (C=O) groups excluding carboxylic acids is 2. The van der Waals surface area contributed by atoms with Gasteiger partial charge < -0.3 is 14.8 Å². The molecule has 5 heteroatoms. The van der Waals surface area contributed by atoms with E-state index in [1.54, 1.807) is 6.07 Å². The zero-order valence-corrected chi connectivity index (χ0v) is 17.9. The fourth-order valence-corrected chi connectivity index (χ4v) is 5.34. The lowest BCUT2D eigenvalue weighted by Gasteiger charge is -2.19. The molecule has 1 unspecified atom stereocenters. The second-order valence-electron chi connectivity index (χ2n) is 8.91. The Labute approximate surface area is 182 Å². The number of hydrogen-bond acceptors (Lipinski definition) is 4. The van der Waals surface area contributed by atoms with E-state index in [2.05, 4.69) is 23.5 Å². The molecule has 31 heavy (non-hydrogen) atoms. The highest BCUT2D eigenvalue weighted by molar-refractivity contribution is 5.98. The Balaban J connectivity index is 1.34. The Morgan fingerprint density at radius 3 is 2.71 bits per heavy atom. The van der Waals surface area contributed by atoms with Crippen molar-refractivity contribution in [2.75, 3.05) is 13.7 Å². The van der Waals surface area contributed by atoms with E-state index >= 15 is 0 Å². The fraction of sp³-hybridized carbons (Fsp3) is 0.385. The molecule has 2 bridgehead atoms.